The Morgan fingerprint density at radius 3 is 2.45 bits per heavy atom. The second kappa shape index (κ2) is 10.8. The van der Waals surface area contributed by atoms with E-state index in [1.54, 1.807) is 36.5 Å². The number of benzene rings is 2. The number of carbonyl (C=O) groups is 2. The summed E-state index contributed by atoms with van der Waals surface area (Å²) in [4.78, 5) is 23.5. The molecule has 3 rings (SSSR count). The van der Waals surface area contributed by atoms with Crippen LogP contribution >= 0.6 is 0 Å². The molecule has 0 radical (unpaired) electrons. The van der Waals surface area contributed by atoms with Gasteiger partial charge in [-0.1, -0.05) is 17.3 Å². The van der Waals surface area contributed by atoms with Gasteiger partial charge < -0.3 is 19.5 Å². The zero-order chi connectivity index (χ0) is 23.8. The molecule has 0 aliphatic heterocycles. The Kier molecular flexibility index (Phi) is 7.58. The van der Waals surface area contributed by atoms with E-state index in [4.69, 9.17) is 14.2 Å². The number of hydrogen-bond donors (Lipinski definition) is 2. The van der Waals surface area contributed by atoms with Crippen molar-refractivity contribution in [1.82, 2.24) is 20.4 Å². The van der Waals surface area contributed by atoms with Crippen molar-refractivity contribution in [3.05, 3.63) is 48.2 Å². The minimum atomic E-state index is -0.387. The first-order chi connectivity index (χ1) is 15.9. The van der Waals surface area contributed by atoms with E-state index in [1.165, 1.54) is 39.1 Å². The molecule has 172 valence electrons. The van der Waals surface area contributed by atoms with Gasteiger partial charge in [-0.15, -0.1) is 5.10 Å². The van der Waals surface area contributed by atoms with Gasteiger partial charge in [-0.05, 0) is 24.3 Å². The Morgan fingerprint density at radius 2 is 1.82 bits per heavy atom. The van der Waals surface area contributed by atoms with E-state index in [0.717, 1.165) is 5.56 Å². The highest BCUT2D eigenvalue weighted by Gasteiger charge is 2.12. The molecular weight excluding hydrogens is 428 g/mol. The number of methoxy groups -OCH3 is 3. The van der Waals surface area contributed by atoms with Gasteiger partial charge in [0, 0.05) is 23.7 Å². The third kappa shape index (κ3) is 6.06. The number of hydrogen-bond acceptors (Lipinski definition) is 8. The zero-order valence-corrected chi connectivity index (χ0v) is 18.7. The second-order valence-electron chi connectivity index (χ2n) is 6.82. The van der Waals surface area contributed by atoms with Gasteiger partial charge in [0.15, 0.2) is 11.5 Å². The summed E-state index contributed by atoms with van der Waals surface area (Å²) < 4.78 is 17.3. The quantitative estimate of drug-likeness (QED) is 0.376. The maximum absolute atomic E-state index is 12.2. The van der Waals surface area contributed by atoms with Crippen LogP contribution in [-0.2, 0) is 16.1 Å². The van der Waals surface area contributed by atoms with Crippen LogP contribution in [0.1, 0.15) is 12.5 Å². The summed E-state index contributed by atoms with van der Waals surface area (Å²) in [5.41, 5.74) is 5.06. The predicted octanol–water partition coefficient (Wildman–Crippen LogP) is 2.08. The van der Waals surface area contributed by atoms with E-state index >= 15 is 0 Å². The highest BCUT2D eigenvalue weighted by molar-refractivity contribution is 5.89. The predicted molar refractivity (Wildman–Crippen MR) is 122 cm³/mol. The van der Waals surface area contributed by atoms with E-state index in [0.29, 0.717) is 34.2 Å². The summed E-state index contributed by atoms with van der Waals surface area (Å²) in [6, 6.07) is 10.6. The average molecular weight is 452 g/mol. The normalized spacial score (nSPS) is 10.7. The van der Waals surface area contributed by atoms with Gasteiger partial charge in [0.1, 0.15) is 12.2 Å². The number of nitrogens with zero attached hydrogens (tertiary/aromatic N) is 4. The summed E-state index contributed by atoms with van der Waals surface area (Å²) in [5.74, 6) is 0.858. The lowest BCUT2D eigenvalue weighted by Crippen LogP contribution is -2.23. The average Bonchev–Trinajstić information content (AvgIpc) is 3.26. The first-order valence-corrected chi connectivity index (χ1v) is 9.83. The molecule has 11 heteroatoms. The molecule has 33 heavy (non-hydrogen) atoms. The van der Waals surface area contributed by atoms with Crippen LogP contribution in [0.15, 0.2) is 47.7 Å². The van der Waals surface area contributed by atoms with Crippen LogP contribution in [0.2, 0.25) is 0 Å². The second-order valence-corrected chi connectivity index (χ2v) is 6.82. The van der Waals surface area contributed by atoms with E-state index < -0.39 is 0 Å². The zero-order valence-electron chi connectivity index (χ0n) is 18.7. The van der Waals surface area contributed by atoms with Crippen LogP contribution in [0.5, 0.6) is 17.2 Å². The summed E-state index contributed by atoms with van der Waals surface area (Å²) >= 11 is 0. The number of anilines is 1. The molecule has 0 unspecified atom stereocenters. The topological polar surface area (TPSA) is 129 Å². The molecule has 0 aliphatic rings. The molecule has 0 atom stereocenters. The first-order valence-electron chi connectivity index (χ1n) is 9.83. The number of carbonyl (C=O) groups excluding carboxylic acids is 2. The van der Waals surface area contributed by atoms with Crippen molar-refractivity contribution in [3.63, 3.8) is 0 Å². The van der Waals surface area contributed by atoms with Crippen molar-refractivity contribution in [2.75, 3.05) is 26.6 Å². The molecule has 11 nitrogen and oxygen atoms in total. The lowest BCUT2D eigenvalue weighted by molar-refractivity contribution is -0.121. The smallest absolute Gasteiger partial charge is 0.261 e. The fraction of sp³-hybridized carbons (Fsp3) is 0.227. The summed E-state index contributed by atoms with van der Waals surface area (Å²) in [6.07, 6.45) is 3.10. The Morgan fingerprint density at radius 1 is 1.09 bits per heavy atom. The Bertz CT molecular complexity index is 1150. The molecule has 0 aliphatic carbocycles. The van der Waals surface area contributed by atoms with Gasteiger partial charge in [0.2, 0.25) is 11.7 Å². The van der Waals surface area contributed by atoms with Crippen molar-refractivity contribution >= 4 is 23.7 Å². The fourth-order valence-corrected chi connectivity index (χ4v) is 3.00. The van der Waals surface area contributed by atoms with Crippen LogP contribution < -0.4 is 25.0 Å². The van der Waals surface area contributed by atoms with Gasteiger partial charge in [-0.25, -0.2) is 10.1 Å². The minimum Gasteiger partial charge on any atom is -0.493 e. The van der Waals surface area contributed by atoms with Crippen LogP contribution in [0.25, 0.3) is 11.3 Å². The third-order valence-corrected chi connectivity index (χ3v) is 4.41. The number of nitrogens with one attached hydrogen (secondary N) is 2. The lowest BCUT2D eigenvalue weighted by Gasteiger charge is -2.12. The minimum absolute atomic E-state index is 0.0784. The Balaban J connectivity index is 1.63. The van der Waals surface area contributed by atoms with Gasteiger partial charge in [-0.2, -0.15) is 5.10 Å². The molecule has 3 aromatic rings. The molecule has 0 fully saturated rings. The number of rotatable bonds is 9. The van der Waals surface area contributed by atoms with Crippen molar-refractivity contribution in [2.45, 2.75) is 13.5 Å². The summed E-state index contributed by atoms with van der Waals surface area (Å²) in [7, 11) is 4.55. The van der Waals surface area contributed by atoms with Crippen LogP contribution in [0.3, 0.4) is 0 Å². The van der Waals surface area contributed by atoms with Gasteiger partial charge in [0.25, 0.3) is 5.91 Å². The Labute approximate surface area is 190 Å². The maximum Gasteiger partial charge on any atom is 0.261 e. The summed E-state index contributed by atoms with van der Waals surface area (Å²) in [6.45, 7) is 1.36. The largest absolute Gasteiger partial charge is 0.493 e. The number of aromatic nitrogens is 3. The number of amides is 2. The number of ether oxygens (including phenoxy) is 3. The Hall–Kier alpha value is -4.41. The number of hydrazone groups is 1. The SMILES string of the molecule is COc1cc(/C=N/NC(=O)Cn2cc(-c3cccc(NC(C)=O)c3)nn2)cc(OC)c1OC. The molecule has 0 spiro atoms. The fourth-order valence-electron chi connectivity index (χ4n) is 3.00. The monoisotopic (exact) mass is 452 g/mol. The van der Waals surface area contributed by atoms with E-state index in [9.17, 15) is 9.59 Å². The van der Waals surface area contributed by atoms with E-state index in [2.05, 4.69) is 26.2 Å². The summed E-state index contributed by atoms with van der Waals surface area (Å²) in [5, 5.41) is 14.7. The van der Waals surface area contributed by atoms with Crippen LogP contribution in [0, 0.1) is 0 Å². The van der Waals surface area contributed by atoms with Gasteiger partial charge >= 0.3 is 0 Å². The molecule has 1 heterocycles. The molecule has 0 saturated heterocycles. The van der Waals surface area contributed by atoms with E-state index in [1.807, 2.05) is 6.07 Å². The first kappa shape index (κ1) is 23.3. The molecule has 2 N–H and O–H groups in total. The van der Waals surface area contributed by atoms with Crippen LogP contribution in [0.4, 0.5) is 5.69 Å². The standard InChI is InChI=1S/C22H24N6O5/c1-14(29)24-17-7-5-6-16(10-17)18-12-28(27-25-18)13-21(30)26-23-11-15-8-19(31-2)22(33-4)20(9-15)32-3/h5-12H,13H2,1-4H3,(H,24,29)(H,26,30)/b23-11+. The molecule has 2 amide bonds. The highest BCUT2D eigenvalue weighted by Crippen LogP contribution is 2.37. The van der Waals surface area contributed by atoms with Crippen LogP contribution in [-0.4, -0.2) is 54.4 Å². The van der Waals surface area contributed by atoms with Gasteiger partial charge in [-0.3, -0.25) is 9.59 Å². The van der Waals surface area contributed by atoms with Crippen molar-refractivity contribution in [1.29, 1.82) is 0 Å². The third-order valence-electron chi connectivity index (χ3n) is 4.41. The van der Waals surface area contributed by atoms with Crippen molar-refractivity contribution in [3.8, 4) is 28.5 Å². The lowest BCUT2D eigenvalue weighted by atomic mass is 10.1. The molecule has 1 aromatic heterocycles. The molecule has 0 saturated carbocycles. The van der Waals surface area contributed by atoms with Gasteiger partial charge in [0.05, 0.1) is 33.7 Å². The molecule has 0 bridgehead atoms. The maximum atomic E-state index is 12.2. The van der Waals surface area contributed by atoms with Crippen molar-refractivity contribution in [2.24, 2.45) is 5.10 Å². The highest BCUT2D eigenvalue weighted by atomic mass is 16.5. The molecular formula is C22H24N6O5. The van der Waals surface area contributed by atoms with E-state index in [-0.39, 0.29) is 18.4 Å². The molecule has 2 aromatic carbocycles. The van der Waals surface area contributed by atoms with Crippen molar-refractivity contribution < 1.29 is 23.8 Å².